The zero-order chi connectivity index (χ0) is 15.3. The zero-order valence-corrected chi connectivity index (χ0v) is 11.1. The van der Waals surface area contributed by atoms with Crippen LogP contribution in [0, 0.1) is 0 Å². The van der Waals surface area contributed by atoms with Crippen molar-refractivity contribution in [2.24, 2.45) is 0 Å². The highest BCUT2D eigenvalue weighted by Gasteiger charge is 2.53. The molecule has 0 bridgehead atoms. The van der Waals surface area contributed by atoms with Crippen LogP contribution in [0.1, 0.15) is 0 Å². The average Bonchev–Trinajstić information content (AvgIpc) is 2.64. The van der Waals surface area contributed by atoms with Crippen molar-refractivity contribution in [3.05, 3.63) is 23.2 Å². The Morgan fingerprint density at radius 1 is 1.33 bits per heavy atom. The number of hydrogen-bond donors (Lipinski definition) is 2. The van der Waals surface area contributed by atoms with E-state index >= 15 is 0 Å². The maximum Gasteiger partial charge on any atom is 0.333 e. The lowest BCUT2D eigenvalue weighted by Gasteiger charge is -2.28. The largest absolute Gasteiger partial charge is 0.480 e. The molecule has 1 atom stereocenters. The molecule has 0 saturated carbocycles. The van der Waals surface area contributed by atoms with Crippen LogP contribution in [0.3, 0.4) is 0 Å². The molecule has 2 N–H and O–H groups in total. The molecule has 1 unspecified atom stereocenters. The van der Waals surface area contributed by atoms with Crippen LogP contribution in [0.15, 0.2) is 18.2 Å². The van der Waals surface area contributed by atoms with E-state index in [4.69, 9.17) is 16.7 Å². The van der Waals surface area contributed by atoms with Crippen LogP contribution in [-0.2, 0) is 14.4 Å². The number of aliphatic carboxylic acids is 1. The molecule has 0 radical (unpaired) electrons. The number of nitrogens with zero attached hydrogens (tertiary/aromatic N) is 2. The van der Waals surface area contributed by atoms with E-state index in [0.717, 1.165) is 4.90 Å². The second kappa shape index (κ2) is 4.45. The van der Waals surface area contributed by atoms with Gasteiger partial charge >= 0.3 is 12.0 Å². The number of carbonyl (C=O) groups is 4. The van der Waals surface area contributed by atoms with Gasteiger partial charge in [0.2, 0.25) is 0 Å². The van der Waals surface area contributed by atoms with Gasteiger partial charge in [0.1, 0.15) is 6.54 Å². The summed E-state index contributed by atoms with van der Waals surface area (Å²) in [4.78, 5) is 48.6. The number of anilines is 2. The molecule has 3 rings (SSSR count). The summed E-state index contributed by atoms with van der Waals surface area (Å²) in [5, 5.41) is 11.6. The smallest absolute Gasteiger partial charge is 0.333 e. The van der Waals surface area contributed by atoms with Gasteiger partial charge in [0, 0.05) is 5.02 Å². The monoisotopic (exact) mass is 309 g/mol. The fourth-order valence-electron chi connectivity index (χ4n) is 2.36. The van der Waals surface area contributed by atoms with Crippen molar-refractivity contribution in [3.63, 3.8) is 0 Å². The normalized spacial score (nSPS) is 20.2. The molecule has 1 aromatic carbocycles. The third kappa shape index (κ3) is 1.91. The van der Waals surface area contributed by atoms with Gasteiger partial charge in [0.15, 0.2) is 6.04 Å². The van der Waals surface area contributed by atoms with Gasteiger partial charge in [-0.2, -0.15) is 0 Å². The van der Waals surface area contributed by atoms with E-state index in [1.807, 2.05) is 0 Å². The number of fused-ring (bicyclic) bond motifs is 3. The molecule has 0 aliphatic carbocycles. The van der Waals surface area contributed by atoms with Gasteiger partial charge in [-0.25, -0.2) is 4.79 Å². The number of benzene rings is 1. The Kier molecular flexibility index (Phi) is 2.84. The molecule has 9 heteroatoms. The van der Waals surface area contributed by atoms with Crippen molar-refractivity contribution in [3.8, 4) is 0 Å². The summed E-state index contributed by atoms with van der Waals surface area (Å²) in [6.45, 7) is -0.791. The molecular weight excluding hydrogens is 302 g/mol. The lowest BCUT2D eigenvalue weighted by molar-refractivity contribution is -0.142. The molecule has 21 heavy (non-hydrogen) atoms. The van der Waals surface area contributed by atoms with Gasteiger partial charge in [-0.1, -0.05) is 11.6 Å². The third-order valence-corrected chi connectivity index (χ3v) is 3.45. The summed E-state index contributed by atoms with van der Waals surface area (Å²) in [7, 11) is 0. The molecule has 1 fully saturated rings. The number of carboxylic acid groups (broad SMARTS) is 1. The highest BCUT2D eigenvalue weighted by Crippen LogP contribution is 2.37. The highest BCUT2D eigenvalue weighted by atomic mass is 35.5. The minimum Gasteiger partial charge on any atom is -0.480 e. The van der Waals surface area contributed by atoms with Crippen molar-refractivity contribution < 1.29 is 24.3 Å². The fraction of sp³-hybridized carbons (Fsp3) is 0.167. The van der Waals surface area contributed by atoms with Gasteiger partial charge < -0.3 is 10.4 Å². The van der Waals surface area contributed by atoms with Crippen molar-refractivity contribution >= 4 is 46.8 Å². The minimum atomic E-state index is -1.38. The molecule has 1 saturated heterocycles. The lowest BCUT2D eigenvalue weighted by Crippen LogP contribution is -2.48. The Bertz CT molecular complexity index is 704. The van der Waals surface area contributed by atoms with E-state index in [2.05, 4.69) is 5.32 Å². The van der Waals surface area contributed by atoms with E-state index in [-0.39, 0.29) is 0 Å². The van der Waals surface area contributed by atoms with Crippen LogP contribution >= 0.6 is 11.6 Å². The Morgan fingerprint density at radius 3 is 2.71 bits per heavy atom. The molecule has 1 aromatic rings. The Morgan fingerprint density at radius 2 is 2.05 bits per heavy atom. The fourth-order valence-corrected chi connectivity index (χ4v) is 2.54. The summed E-state index contributed by atoms with van der Waals surface area (Å²) < 4.78 is 0. The molecule has 0 aromatic heterocycles. The standard InChI is InChI=1S/C12H8ClN3O5/c13-5-1-2-7-6(3-5)14-10(19)9-11(20)15(4-8(17)18)12(21)16(7)9/h1-3,9H,4H2,(H,14,19)(H,17,18). The van der Waals surface area contributed by atoms with Gasteiger partial charge in [0.25, 0.3) is 11.8 Å². The highest BCUT2D eigenvalue weighted by molar-refractivity contribution is 6.33. The summed E-state index contributed by atoms with van der Waals surface area (Å²) in [6, 6.07) is 2.21. The maximum absolute atomic E-state index is 12.2. The molecule has 2 heterocycles. The van der Waals surface area contributed by atoms with Crippen LogP contribution in [0.2, 0.25) is 5.02 Å². The molecule has 2 aliphatic heterocycles. The topological polar surface area (TPSA) is 107 Å². The van der Waals surface area contributed by atoms with Gasteiger partial charge in [-0.15, -0.1) is 0 Å². The number of nitrogens with one attached hydrogen (secondary N) is 1. The van der Waals surface area contributed by atoms with Crippen LogP contribution in [0.5, 0.6) is 0 Å². The minimum absolute atomic E-state index is 0.294. The van der Waals surface area contributed by atoms with E-state index < -0.39 is 36.4 Å². The number of carboxylic acids is 1. The summed E-state index contributed by atoms with van der Waals surface area (Å²) in [5.74, 6) is -2.90. The molecule has 0 spiro atoms. The van der Waals surface area contributed by atoms with E-state index in [1.54, 1.807) is 0 Å². The second-order valence-electron chi connectivity index (χ2n) is 4.52. The molecule has 4 amide bonds. The third-order valence-electron chi connectivity index (χ3n) is 3.21. The second-order valence-corrected chi connectivity index (χ2v) is 4.96. The Hall–Kier alpha value is -2.61. The number of urea groups is 1. The van der Waals surface area contributed by atoms with Crippen molar-refractivity contribution in [1.82, 2.24) is 4.90 Å². The predicted molar refractivity (Wildman–Crippen MR) is 71.1 cm³/mol. The van der Waals surface area contributed by atoms with Crippen LogP contribution < -0.4 is 10.2 Å². The number of carbonyl (C=O) groups excluding carboxylic acids is 3. The quantitative estimate of drug-likeness (QED) is 0.611. The zero-order valence-electron chi connectivity index (χ0n) is 10.4. The SMILES string of the molecule is O=C(O)CN1C(=O)C2C(=O)Nc3cc(Cl)ccc3N2C1=O. The van der Waals surface area contributed by atoms with E-state index in [9.17, 15) is 19.2 Å². The van der Waals surface area contributed by atoms with Crippen molar-refractivity contribution in [1.29, 1.82) is 0 Å². The average molecular weight is 310 g/mol. The first-order valence-corrected chi connectivity index (χ1v) is 6.24. The van der Waals surface area contributed by atoms with Crippen LogP contribution in [-0.4, -0.2) is 46.4 Å². The predicted octanol–water partition coefficient (Wildman–Crippen LogP) is 0.514. The summed E-state index contributed by atoms with van der Waals surface area (Å²) in [6.07, 6.45) is 0. The van der Waals surface area contributed by atoms with Gasteiger partial charge in [-0.05, 0) is 18.2 Å². The van der Waals surface area contributed by atoms with Gasteiger partial charge in [0.05, 0.1) is 11.4 Å². The van der Waals surface area contributed by atoms with Gasteiger partial charge in [-0.3, -0.25) is 24.2 Å². The van der Waals surface area contributed by atoms with E-state index in [1.165, 1.54) is 18.2 Å². The number of imide groups is 1. The number of hydrogen-bond acceptors (Lipinski definition) is 4. The number of rotatable bonds is 2. The lowest BCUT2D eigenvalue weighted by atomic mass is 10.1. The number of halogens is 1. The first-order chi connectivity index (χ1) is 9.90. The summed E-state index contributed by atoms with van der Waals surface area (Å²) in [5.41, 5.74) is 0.595. The first-order valence-electron chi connectivity index (χ1n) is 5.87. The van der Waals surface area contributed by atoms with Crippen LogP contribution in [0.4, 0.5) is 16.2 Å². The van der Waals surface area contributed by atoms with E-state index in [0.29, 0.717) is 21.3 Å². The maximum atomic E-state index is 12.2. The number of amides is 4. The van der Waals surface area contributed by atoms with Crippen LogP contribution in [0.25, 0.3) is 0 Å². The Labute approximate surface area is 122 Å². The molecular formula is C12H8ClN3O5. The molecule has 108 valence electrons. The van der Waals surface area contributed by atoms with Crippen molar-refractivity contribution in [2.45, 2.75) is 6.04 Å². The molecule has 8 nitrogen and oxygen atoms in total. The molecule has 2 aliphatic rings. The summed E-state index contributed by atoms with van der Waals surface area (Å²) >= 11 is 5.82. The van der Waals surface area contributed by atoms with Crippen molar-refractivity contribution in [2.75, 3.05) is 16.8 Å². The first kappa shape index (κ1) is 13.4. The Balaban J connectivity index is 2.08.